The Labute approximate surface area is 182 Å². The molecule has 1 aromatic carbocycles. The Morgan fingerprint density at radius 1 is 1.07 bits per heavy atom. The van der Waals surface area contributed by atoms with Crippen LogP contribution >= 0.6 is 11.6 Å². The Bertz CT molecular complexity index is 601. The van der Waals surface area contributed by atoms with Crippen LogP contribution in [0.4, 0.5) is 0 Å². The van der Waals surface area contributed by atoms with Crippen molar-refractivity contribution >= 4 is 11.6 Å². The van der Waals surface area contributed by atoms with Crippen LogP contribution in [0.5, 0.6) is 0 Å². The zero-order chi connectivity index (χ0) is 20.8. The highest BCUT2D eigenvalue weighted by Crippen LogP contribution is 2.35. The molecule has 2 fully saturated rings. The van der Waals surface area contributed by atoms with E-state index in [9.17, 15) is 5.11 Å². The molecule has 0 spiro atoms. The summed E-state index contributed by atoms with van der Waals surface area (Å²) in [5.74, 6) is 2.05. The van der Waals surface area contributed by atoms with E-state index in [0.717, 1.165) is 56.6 Å². The van der Waals surface area contributed by atoms with Crippen LogP contribution in [0.2, 0.25) is 5.02 Å². The summed E-state index contributed by atoms with van der Waals surface area (Å²) < 4.78 is 6.26. The van der Waals surface area contributed by atoms with Gasteiger partial charge in [-0.3, -0.25) is 0 Å². The molecule has 4 nitrogen and oxygen atoms in total. The van der Waals surface area contributed by atoms with Gasteiger partial charge in [0.1, 0.15) is 45.4 Å². The van der Waals surface area contributed by atoms with Crippen molar-refractivity contribution in [1.82, 2.24) is 0 Å². The first-order valence-corrected chi connectivity index (χ1v) is 12.0. The van der Waals surface area contributed by atoms with Crippen LogP contribution in [0.25, 0.3) is 0 Å². The summed E-state index contributed by atoms with van der Waals surface area (Å²) in [5, 5.41) is 11.4. The van der Waals surface area contributed by atoms with Gasteiger partial charge in [0.05, 0.1) is 12.7 Å². The van der Waals surface area contributed by atoms with E-state index in [-0.39, 0.29) is 6.10 Å². The minimum Gasteiger partial charge on any atom is -0.385 e. The van der Waals surface area contributed by atoms with Crippen LogP contribution < -0.4 is 9.80 Å². The highest BCUT2D eigenvalue weighted by molar-refractivity contribution is 6.30. The zero-order valence-electron chi connectivity index (χ0n) is 18.5. The quantitative estimate of drug-likeness (QED) is 0.591. The molecule has 3 rings (SSSR count). The number of rotatable bonds is 8. The predicted octanol–water partition coefficient (Wildman–Crippen LogP) is 1.46. The number of benzene rings is 1. The monoisotopic (exact) mass is 424 g/mol. The average Bonchev–Trinajstić information content (AvgIpc) is 2.69. The highest BCUT2D eigenvalue weighted by Gasteiger charge is 2.32. The first-order chi connectivity index (χ1) is 13.9. The first-order valence-electron chi connectivity index (χ1n) is 11.6. The fourth-order valence-electron chi connectivity index (χ4n) is 5.16. The number of aliphatic hydroxyl groups excluding tert-OH is 1. The number of hydrogen-bond donors (Lipinski definition) is 3. The second-order valence-electron chi connectivity index (χ2n) is 9.86. The molecule has 5 heteroatoms. The van der Waals surface area contributed by atoms with E-state index in [1.54, 1.807) is 4.90 Å². The van der Waals surface area contributed by atoms with E-state index < -0.39 is 0 Å². The van der Waals surface area contributed by atoms with Crippen molar-refractivity contribution < 1.29 is 19.6 Å². The topological polar surface area (TPSA) is 38.3 Å². The summed E-state index contributed by atoms with van der Waals surface area (Å²) in [5.41, 5.74) is 1.35. The smallest absolute Gasteiger partial charge is 0.127 e. The maximum absolute atomic E-state index is 10.6. The fraction of sp³-hybridized carbons (Fsp3) is 0.750. The van der Waals surface area contributed by atoms with Gasteiger partial charge in [0.15, 0.2) is 0 Å². The third kappa shape index (κ3) is 7.22. The Kier molecular flexibility index (Phi) is 8.82. The van der Waals surface area contributed by atoms with Gasteiger partial charge in [-0.2, -0.15) is 0 Å². The minimum absolute atomic E-state index is 0.323. The van der Waals surface area contributed by atoms with Crippen molar-refractivity contribution in [3.05, 3.63) is 34.9 Å². The average molecular weight is 425 g/mol. The van der Waals surface area contributed by atoms with Gasteiger partial charge in [-0.25, -0.2) is 0 Å². The van der Waals surface area contributed by atoms with Crippen molar-refractivity contribution in [2.24, 2.45) is 17.8 Å². The van der Waals surface area contributed by atoms with Gasteiger partial charge >= 0.3 is 0 Å². The van der Waals surface area contributed by atoms with Crippen LogP contribution in [-0.4, -0.2) is 56.6 Å². The van der Waals surface area contributed by atoms with Crippen molar-refractivity contribution in [1.29, 1.82) is 0 Å². The van der Waals surface area contributed by atoms with Crippen molar-refractivity contribution in [3.63, 3.8) is 0 Å². The molecule has 0 amide bonds. The van der Waals surface area contributed by atoms with E-state index >= 15 is 0 Å². The summed E-state index contributed by atoms with van der Waals surface area (Å²) in [4.78, 5) is 3.14. The van der Waals surface area contributed by atoms with Gasteiger partial charge in [-0.1, -0.05) is 50.9 Å². The Morgan fingerprint density at radius 2 is 1.72 bits per heavy atom. The second-order valence-corrected chi connectivity index (χ2v) is 10.3. The number of aliphatic hydroxyl groups is 1. The standard InChI is InChI=1S/C24H39ClN2O2/c1-18(2)23-9-4-19(3)14-24(23)29-17-22(28)16-27-12-10-26(11-13-27)15-20-5-7-21(25)8-6-20/h5-8,18-19,22-24,28H,4,9-17H2,1-3H3/p+2/t19-,22+,23-,24+/m0/s1. The third-order valence-electron chi connectivity index (χ3n) is 7.02. The van der Waals surface area contributed by atoms with Crippen LogP contribution in [0.3, 0.4) is 0 Å². The number of piperazine rings is 1. The van der Waals surface area contributed by atoms with E-state index in [1.807, 2.05) is 12.1 Å². The Balaban J connectivity index is 1.37. The molecule has 164 valence electrons. The van der Waals surface area contributed by atoms with Gasteiger partial charge in [0.2, 0.25) is 0 Å². The summed E-state index contributed by atoms with van der Waals surface area (Å²) in [6.45, 7) is 13.9. The number of halogens is 1. The minimum atomic E-state index is -0.354. The van der Waals surface area contributed by atoms with Gasteiger partial charge < -0.3 is 19.6 Å². The van der Waals surface area contributed by atoms with Crippen LogP contribution in [0.15, 0.2) is 24.3 Å². The SMILES string of the molecule is CC(C)[C@@H]1CC[C@H](C)C[C@H]1OC[C@H](O)C[NH+]1CC[NH+](Cc2ccc(Cl)cc2)CC1. The van der Waals surface area contributed by atoms with E-state index in [2.05, 4.69) is 32.9 Å². The molecule has 2 aliphatic rings. The zero-order valence-corrected chi connectivity index (χ0v) is 19.3. The summed E-state index contributed by atoms with van der Waals surface area (Å²) in [6.07, 6.45) is 3.70. The molecule has 1 saturated carbocycles. The first kappa shape index (κ1) is 23.0. The number of nitrogens with one attached hydrogen (secondary N) is 2. The number of ether oxygens (including phenoxy) is 1. The molecule has 1 aliphatic carbocycles. The van der Waals surface area contributed by atoms with Crippen LogP contribution in [0, 0.1) is 17.8 Å². The highest BCUT2D eigenvalue weighted by atomic mass is 35.5. The molecule has 1 aromatic rings. The molecule has 0 aromatic heterocycles. The molecule has 1 saturated heterocycles. The maximum atomic E-state index is 10.6. The van der Waals surface area contributed by atoms with Gasteiger partial charge in [0.25, 0.3) is 0 Å². The van der Waals surface area contributed by atoms with Gasteiger partial charge in [-0.05, 0) is 42.7 Å². The summed E-state index contributed by atoms with van der Waals surface area (Å²) >= 11 is 5.98. The van der Waals surface area contributed by atoms with E-state index in [4.69, 9.17) is 16.3 Å². The molecular weight excluding hydrogens is 384 g/mol. The fourth-order valence-corrected chi connectivity index (χ4v) is 5.29. The lowest BCUT2D eigenvalue weighted by molar-refractivity contribution is -1.02. The van der Waals surface area contributed by atoms with Gasteiger partial charge in [0, 0.05) is 10.6 Å². The normalized spacial score (nSPS) is 31.7. The van der Waals surface area contributed by atoms with Crippen LogP contribution in [-0.2, 0) is 11.3 Å². The summed E-state index contributed by atoms with van der Waals surface area (Å²) in [6, 6.07) is 8.22. The predicted molar refractivity (Wildman–Crippen MR) is 119 cm³/mol. The maximum Gasteiger partial charge on any atom is 0.127 e. The van der Waals surface area contributed by atoms with Crippen molar-refractivity contribution in [2.45, 2.75) is 58.8 Å². The molecule has 1 heterocycles. The third-order valence-corrected chi connectivity index (χ3v) is 7.27. The lowest BCUT2D eigenvalue weighted by atomic mass is 9.75. The summed E-state index contributed by atoms with van der Waals surface area (Å²) in [7, 11) is 0. The Morgan fingerprint density at radius 3 is 2.38 bits per heavy atom. The number of quaternary nitrogens is 2. The molecule has 0 radical (unpaired) electrons. The molecule has 4 atom stereocenters. The molecule has 0 unspecified atom stereocenters. The molecule has 1 aliphatic heterocycles. The lowest BCUT2D eigenvalue weighted by Gasteiger charge is -2.37. The molecule has 29 heavy (non-hydrogen) atoms. The lowest BCUT2D eigenvalue weighted by Crippen LogP contribution is -3.28. The molecular formula is C24H41ClN2O2+2. The van der Waals surface area contributed by atoms with E-state index in [1.165, 1.54) is 23.3 Å². The second kappa shape index (κ2) is 11.1. The number of hydrogen-bond acceptors (Lipinski definition) is 2. The Hall–Kier alpha value is -0.650. The molecule has 0 bridgehead atoms. The van der Waals surface area contributed by atoms with Crippen LogP contribution in [0.1, 0.15) is 45.6 Å². The van der Waals surface area contributed by atoms with Crippen molar-refractivity contribution in [3.8, 4) is 0 Å². The van der Waals surface area contributed by atoms with Crippen molar-refractivity contribution in [2.75, 3.05) is 39.3 Å². The molecule has 3 N–H and O–H groups in total. The van der Waals surface area contributed by atoms with Gasteiger partial charge in [-0.15, -0.1) is 0 Å². The largest absolute Gasteiger partial charge is 0.385 e. The van der Waals surface area contributed by atoms with E-state index in [0.29, 0.717) is 24.5 Å².